The molecule has 0 aliphatic carbocycles. The summed E-state index contributed by atoms with van der Waals surface area (Å²) in [4.78, 5) is 42.9. The highest BCUT2D eigenvalue weighted by Gasteiger charge is 2.17. The second-order valence-electron chi connectivity index (χ2n) is 7.16. The number of carbonyl (C=O) groups excluding carboxylic acids is 2. The Morgan fingerprint density at radius 3 is 2.66 bits per heavy atom. The summed E-state index contributed by atoms with van der Waals surface area (Å²) >= 11 is 3.83. The van der Waals surface area contributed by atoms with Crippen LogP contribution in [0.2, 0.25) is 0 Å². The molecule has 0 bridgehead atoms. The number of hydrogen-bond acceptors (Lipinski definition) is 7. The molecule has 164 valence electrons. The van der Waals surface area contributed by atoms with Crippen molar-refractivity contribution in [1.29, 1.82) is 0 Å². The molecule has 0 spiro atoms. The maximum absolute atomic E-state index is 13.1. The Balaban J connectivity index is 1.50. The van der Waals surface area contributed by atoms with Crippen LogP contribution in [0.5, 0.6) is 0 Å². The van der Waals surface area contributed by atoms with E-state index in [0.717, 1.165) is 28.5 Å². The van der Waals surface area contributed by atoms with E-state index in [1.807, 2.05) is 24.4 Å². The van der Waals surface area contributed by atoms with E-state index in [1.54, 1.807) is 24.6 Å². The highest BCUT2D eigenvalue weighted by Crippen LogP contribution is 2.32. The van der Waals surface area contributed by atoms with Gasteiger partial charge in [-0.3, -0.25) is 29.8 Å². The monoisotopic (exact) mass is 484 g/mol. The Hall–Kier alpha value is -2.95. The number of benzene rings is 1. The lowest BCUT2D eigenvalue weighted by atomic mass is 10.0. The summed E-state index contributed by atoms with van der Waals surface area (Å²) in [5.41, 5.74) is 8.82. The van der Waals surface area contributed by atoms with E-state index >= 15 is 0 Å². The van der Waals surface area contributed by atoms with Crippen molar-refractivity contribution in [2.75, 3.05) is 5.75 Å². The van der Waals surface area contributed by atoms with Gasteiger partial charge in [0, 0.05) is 18.0 Å². The minimum atomic E-state index is -0.392. The third-order valence-corrected chi connectivity index (χ3v) is 7.76. The molecular formula is C22H20N4O3S3. The second kappa shape index (κ2) is 9.27. The molecule has 7 nitrogen and oxygen atoms in total. The summed E-state index contributed by atoms with van der Waals surface area (Å²) in [5.74, 6) is -0.759. The third kappa shape index (κ3) is 4.47. The van der Waals surface area contributed by atoms with Crippen LogP contribution in [0.3, 0.4) is 0 Å². The van der Waals surface area contributed by atoms with Crippen molar-refractivity contribution in [3.05, 3.63) is 67.4 Å². The Morgan fingerprint density at radius 1 is 1.12 bits per heavy atom. The number of amides is 2. The number of aromatic nitrogens is 2. The minimum Gasteiger partial charge on any atom is -0.290 e. The van der Waals surface area contributed by atoms with Crippen LogP contribution >= 0.6 is 34.4 Å². The number of thiophene rings is 2. The van der Waals surface area contributed by atoms with Crippen molar-refractivity contribution in [2.45, 2.75) is 19.0 Å². The van der Waals surface area contributed by atoms with Crippen molar-refractivity contribution in [2.24, 2.45) is 7.05 Å². The van der Waals surface area contributed by atoms with Gasteiger partial charge >= 0.3 is 0 Å². The van der Waals surface area contributed by atoms with E-state index in [9.17, 15) is 14.4 Å². The first-order valence-corrected chi connectivity index (χ1v) is 12.4. The molecule has 10 heteroatoms. The zero-order valence-electron chi connectivity index (χ0n) is 17.6. The number of aryl methyl sites for hydroxylation is 2. The van der Waals surface area contributed by atoms with Crippen LogP contribution in [0.1, 0.15) is 20.8 Å². The highest BCUT2D eigenvalue weighted by molar-refractivity contribution is 7.99. The van der Waals surface area contributed by atoms with Gasteiger partial charge < -0.3 is 0 Å². The average Bonchev–Trinajstić information content (AvgIpc) is 3.46. The van der Waals surface area contributed by atoms with Gasteiger partial charge in [0.1, 0.15) is 4.83 Å². The predicted molar refractivity (Wildman–Crippen MR) is 130 cm³/mol. The number of hydrogen-bond donors (Lipinski definition) is 2. The van der Waals surface area contributed by atoms with E-state index in [2.05, 4.69) is 28.8 Å². The van der Waals surface area contributed by atoms with Crippen LogP contribution in [0.15, 0.2) is 51.0 Å². The van der Waals surface area contributed by atoms with E-state index < -0.39 is 5.91 Å². The second-order valence-corrected chi connectivity index (χ2v) is 9.90. The Kier molecular flexibility index (Phi) is 6.45. The van der Waals surface area contributed by atoms with Crippen LogP contribution in [0.25, 0.3) is 21.3 Å². The zero-order valence-corrected chi connectivity index (χ0v) is 20.0. The molecule has 4 aromatic rings. The van der Waals surface area contributed by atoms with E-state index in [0.29, 0.717) is 20.3 Å². The normalized spacial score (nSPS) is 11.0. The first-order chi connectivity index (χ1) is 15.3. The summed E-state index contributed by atoms with van der Waals surface area (Å²) in [6.45, 7) is 4.10. The van der Waals surface area contributed by atoms with Gasteiger partial charge in [-0.25, -0.2) is 4.98 Å². The van der Waals surface area contributed by atoms with Gasteiger partial charge in [0.15, 0.2) is 5.16 Å². The number of thioether (sulfide) groups is 1. The maximum Gasteiger partial charge on any atom is 0.279 e. The van der Waals surface area contributed by atoms with Gasteiger partial charge in [0.25, 0.3) is 11.5 Å². The van der Waals surface area contributed by atoms with Gasteiger partial charge in [-0.1, -0.05) is 36.0 Å². The van der Waals surface area contributed by atoms with Crippen molar-refractivity contribution < 1.29 is 9.59 Å². The molecule has 3 heterocycles. The van der Waals surface area contributed by atoms with Gasteiger partial charge in [-0.15, -0.1) is 22.7 Å². The first kappa shape index (κ1) is 22.3. The SMILES string of the molecule is Cc1ccc(-c2csc3nc(SCC(=O)NNC(=O)c4cccs4)n(C)c(=O)c23)cc1C. The van der Waals surface area contributed by atoms with Gasteiger partial charge in [0.2, 0.25) is 5.91 Å². The van der Waals surface area contributed by atoms with Crippen molar-refractivity contribution in [3.63, 3.8) is 0 Å². The lowest BCUT2D eigenvalue weighted by Gasteiger charge is -2.09. The molecule has 0 atom stereocenters. The fourth-order valence-electron chi connectivity index (χ4n) is 3.07. The highest BCUT2D eigenvalue weighted by atomic mass is 32.2. The number of nitrogens with zero attached hydrogens (tertiary/aromatic N) is 2. The maximum atomic E-state index is 13.1. The van der Waals surface area contributed by atoms with Crippen LogP contribution < -0.4 is 16.4 Å². The molecule has 0 saturated heterocycles. The van der Waals surface area contributed by atoms with Crippen molar-refractivity contribution in [1.82, 2.24) is 20.4 Å². The Morgan fingerprint density at radius 2 is 1.94 bits per heavy atom. The van der Waals surface area contributed by atoms with Crippen LogP contribution in [0.4, 0.5) is 0 Å². The van der Waals surface area contributed by atoms with Crippen LogP contribution in [-0.2, 0) is 11.8 Å². The summed E-state index contributed by atoms with van der Waals surface area (Å²) in [6.07, 6.45) is 0. The molecule has 2 N–H and O–H groups in total. The van der Waals surface area contributed by atoms with E-state index in [-0.39, 0.29) is 17.2 Å². The molecule has 0 unspecified atom stereocenters. The smallest absolute Gasteiger partial charge is 0.279 e. The van der Waals surface area contributed by atoms with E-state index in [1.165, 1.54) is 32.8 Å². The zero-order chi connectivity index (χ0) is 22.8. The van der Waals surface area contributed by atoms with Gasteiger partial charge in [-0.2, -0.15) is 0 Å². The average molecular weight is 485 g/mol. The summed E-state index contributed by atoms with van der Waals surface area (Å²) in [7, 11) is 1.65. The lowest BCUT2D eigenvalue weighted by Crippen LogP contribution is -2.42. The molecule has 0 aliphatic rings. The number of nitrogens with one attached hydrogen (secondary N) is 2. The third-order valence-electron chi connectivity index (χ3n) is 4.98. The van der Waals surface area contributed by atoms with Crippen molar-refractivity contribution >= 4 is 56.5 Å². The quantitative estimate of drug-likeness (QED) is 0.255. The molecule has 2 amide bonds. The van der Waals surface area contributed by atoms with Crippen LogP contribution in [-0.4, -0.2) is 27.1 Å². The Bertz CT molecular complexity index is 1370. The van der Waals surface area contributed by atoms with Crippen LogP contribution in [0, 0.1) is 13.8 Å². The topological polar surface area (TPSA) is 93.1 Å². The number of carbonyl (C=O) groups is 2. The van der Waals surface area contributed by atoms with Crippen molar-refractivity contribution in [3.8, 4) is 11.1 Å². The molecule has 3 aromatic heterocycles. The standard InChI is InChI=1S/C22H20N4O3S3/c1-12-6-7-14(9-13(12)2)15-10-31-20-18(15)21(29)26(3)22(23-20)32-11-17(27)24-25-19(28)16-5-4-8-30-16/h4-10H,11H2,1-3H3,(H,24,27)(H,25,28). The van der Waals surface area contributed by atoms with Gasteiger partial charge in [-0.05, 0) is 42.0 Å². The van der Waals surface area contributed by atoms with Gasteiger partial charge in [0.05, 0.1) is 16.0 Å². The molecule has 32 heavy (non-hydrogen) atoms. The number of fused-ring (bicyclic) bond motifs is 1. The minimum absolute atomic E-state index is 0.00585. The molecule has 0 fully saturated rings. The lowest BCUT2D eigenvalue weighted by molar-refractivity contribution is -0.119. The molecule has 0 radical (unpaired) electrons. The fourth-order valence-corrected chi connectivity index (χ4v) is 5.44. The molecule has 0 saturated carbocycles. The largest absolute Gasteiger partial charge is 0.290 e. The molecule has 4 rings (SSSR count). The molecular weight excluding hydrogens is 464 g/mol. The fraction of sp³-hybridized carbons (Fsp3) is 0.182. The summed E-state index contributed by atoms with van der Waals surface area (Å²) in [5, 5.41) is 4.75. The predicted octanol–water partition coefficient (Wildman–Crippen LogP) is 3.89. The Labute approximate surface area is 196 Å². The van der Waals surface area contributed by atoms with E-state index in [4.69, 9.17) is 0 Å². The number of hydrazine groups is 1. The first-order valence-electron chi connectivity index (χ1n) is 9.66. The number of rotatable bonds is 5. The molecule has 1 aromatic carbocycles. The summed E-state index contributed by atoms with van der Waals surface area (Å²) in [6, 6.07) is 9.57. The molecule has 0 aliphatic heterocycles. The summed E-state index contributed by atoms with van der Waals surface area (Å²) < 4.78 is 1.46.